The number of carbonyl (C=O) groups is 1. The van der Waals surface area contributed by atoms with Crippen molar-refractivity contribution in [3.63, 3.8) is 0 Å². The molecule has 1 aliphatic heterocycles. The Hall–Kier alpha value is -2.10. The number of nitrogens with one attached hydrogen (secondary N) is 2. The molecule has 0 spiro atoms. The molecule has 0 unspecified atom stereocenters. The predicted octanol–water partition coefficient (Wildman–Crippen LogP) is 3.50. The van der Waals surface area contributed by atoms with E-state index in [1.807, 2.05) is 37.3 Å². The van der Waals surface area contributed by atoms with Crippen molar-refractivity contribution in [3.05, 3.63) is 42.1 Å². The first-order chi connectivity index (χ1) is 9.56. The third-order valence-electron chi connectivity index (χ3n) is 3.29. The van der Waals surface area contributed by atoms with Gasteiger partial charge in [0.05, 0.1) is 6.04 Å². The average molecular weight is 271 g/mol. The monoisotopic (exact) mass is 271 g/mol. The van der Waals surface area contributed by atoms with Crippen LogP contribution in [0.15, 0.2) is 41.5 Å². The van der Waals surface area contributed by atoms with Gasteiger partial charge in [0, 0.05) is 24.0 Å². The second kappa shape index (κ2) is 6.37. The lowest BCUT2D eigenvalue weighted by molar-refractivity contribution is 0.248. The number of allylic oxidation sites excluding steroid dienone is 1. The molecule has 1 aromatic carbocycles. The minimum absolute atomic E-state index is 0.0320. The van der Waals surface area contributed by atoms with E-state index < -0.39 is 0 Å². The summed E-state index contributed by atoms with van der Waals surface area (Å²) < 4.78 is 0. The van der Waals surface area contributed by atoms with Crippen LogP contribution >= 0.6 is 0 Å². The lowest BCUT2D eigenvalue weighted by atomic mass is 9.98. The maximum Gasteiger partial charge on any atom is 0.319 e. The number of hydrogen-bond acceptors (Lipinski definition) is 2. The zero-order valence-corrected chi connectivity index (χ0v) is 12.2. The highest BCUT2D eigenvalue weighted by Gasteiger charge is 2.22. The molecule has 0 aliphatic carbocycles. The van der Waals surface area contributed by atoms with Crippen molar-refractivity contribution in [2.75, 3.05) is 5.32 Å². The van der Waals surface area contributed by atoms with Crippen molar-refractivity contribution in [2.24, 2.45) is 10.9 Å². The maximum atomic E-state index is 12.1. The molecular weight excluding hydrogens is 250 g/mol. The van der Waals surface area contributed by atoms with Crippen LogP contribution in [0.25, 0.3) is 0 Å². The fourth-order valence-electron chi connectivity index (χ4n) is 2.16. The Labute approximate surface area is 120 Å². The van der Waals surface area contributed by atoms with Gasteiger partial charge in [0.1, 0.15) is 0 Å². The van der Waals surface area contributed by atoms with Gasteiger partial charge in [-0.3, -0.25) is 4.99 Å². The molecule has 0 bridgehead atoms. The number of urea groups is 1. The number of benzene rings is 1. The van der Waals surface area contributed by atoms with Crippen molar-refractivity contribution in [1.82, 2.24) is 5.32 Å². The number of carbonyl (C=O) groups excluding carboxylic acids is 1. The number of nitrogens with zero attached hydrogens (tertiary/aromatic N) is 1. The first kappa shape index (κ1) is 14.3. The molecular formula is C16H21N3O. The molecule has 2 amide bonds. The lowest BCUT2D eigenvalue weighted by Crippen LogP contribution is -2.45. The van der Waals surface area contributed by atoms with E-state index in [1.165, 1.54) is 5.56 Å². The number of amides is 2. The van der Waals surface area contributed by atoms with E-state index in [2.05, 4.69) is 29.5 Å². The van der Waals surface area contributed by atoms with E-state index in [-0.39, 0.29) is 12.1 Å². The summed E-state index contributed by atoms with van der Waals surface area (Å²) >= 11 is 0. The van der Waals surface area contributed by atoms with Crippen molar-refractivity contribution >= 4 is 17.4 Å². The quantitative estimate of drug-likeness (QED) is 0.865. The Balaban J connectivity index is 1.96. The van der Waals surface area contributed by atoms with Crippen LogP contribution in [0.4, 0.5) is 10.5 Å². The third-order valence-corrected chi connectivity index (χ3v) is 3.29. The minimum Gasteiger partial charge on any atom is -0.330 e. The summed E-state index contributed by atoms with van der Waals surface area (Å²) in [7, 11) is 0. The summed E-state index contributed by atoms with van der Waals surface area (Å²) in [5.74, 6) is 0.303. The van der Waals surface area contributed by atoms with Crippen molar-refractivity contribution < 1.29 is 4.79 Å². The molecule has 20 heavy (non-hydrogen) atoms. The van der Waals surface area contributed by atoms with Gasteiger partial charge in [0.15, 0.2) is 0 Å². The highest BCUT2D eigenvalue weighted by Crippen LogP contribution is 2.13. The van der Waals surface area contributed by atoms with E-state index in [0.717, 1.165) is 17.8 Å². The normalized spacial score (nSPS) is 15.1. The minimum atomic E-state index is -0.192. The summed E-state index contributed by atoms with van der Waals surface area (Å²) in [6.07, 6.45) is 4.61. The van der Waals surface area contributed by atoms with Crippen LogP contribution in [-0.4, -0.2) is 17.8 Å². The van der Waals surface area contributed by atoms with E-state index in [4.69, 9.17) is 0 Å². The van der Waals surface area contributed by atoms with Crippen LogP contribution in [0.1, 0.15) is 25.8 Å². The summed E-state index contributed by atoms with van der Waals surface area (Å²) in [5, 5.41) is 5.85. The molecule has 1 heterocycles. The number of rotatable bonds is 4. The smallest absolute Gasteiger partial charge is 0.319 e. The molecule has 2 N–H and O–H groups in total. The van der Waals surface area contributed by atoms with Gasteiger partial charge in [0.2, 0.25) is 0 Å². The van der Waals surface area contributed by atoms with Gasteiger partial charge < -0.3 is 10.6 Å². The largest absolute Gasteiger partial charge is 0.330 e. The van der Waals surface area contributed by atoms with Gasteiger partial charge in [-0.25, -0.2) is 4.79 Å². The van der Waals surface area contributed by atoms with Crippen molar-refractivity contribution in [2.45, 2.75) is 33.2 Å². The molecule has 1 aliphatic rings. The molecule has 0 saturated carbocycles. The van der Waals surface area contributed by atoms with Crippen LogP contribution in [-0.2, 0) is 0 Å². The second-order valence-corrected chi connectivity index (χ2v) is 5.40. The number of anilines is 1. The summed E-state index contributed by atoms with van der Waals surface area (Å²) in [6, 6.07) is 7.51. The Morgan fingerprint density at radius 2 is 1.95 bits per heavy atom. The molecule has 4 nitrogen and oxygen atoms in total. The van der Waals surface area contributed by atoms with Gasteiger partial charge in [-0.1, -0.05) is 37.6 Å². The van der Waals surface area contributed by atoms with Crippen LogP contribution < -0.4 is 10.6 Å². The zero-order chi connectivity index (χ0) is 14.5. The summed E-state index contributed by atoms with van der Waals surface area (Å²) in [4.78, 5) is 16.4. The van der Waals surface area contributed by atoms with E-state index >= 15 is 0 Å². The molecule has 0 fully saturated rings. The third kappa shape index (κ3) is 3.70. The highest BCUT2D eigenvalue weighted by atomic mass is 16.2. The summed E-state index contributed by atoms with van der Waals surface area (Å²) in [6.45, 7) is 6.18. The van der Waals surface area contributed by atoms with E-state index in [0.29, 0.717) is 5.92 Å². The van der Waals surface area contributed by atoms with Crippen LogP contribution in [0.5, 0.6) is 0 Å². The van der Waals surface area contributed by atoms with Gasteiger partial charge in [-0.15, -0.1) is 0 Å². The lowest BCUT2D eigenvalue weighted by Gasteiger charge is -2.22. The number of aliphatic imine (C=N–C) groups is 1. The molecule has 1 aromatic rings. The van der Waals surface area contributed by atoms with Gasteiger partial charge in [-0.05, 0) is 25.0 Å². The van der Waals surface area contributed by atoms with Crippen molar-refractivity contribution in [3.8, 4) is 0 Å². The van der Waals surface area contributed by atoms with E-state index in [9.17, 15) is 4.79 Å². The second-order valence-electron chi connectivity index (χ2n) is 5.40. The first-order valence-corrected chi connectivity index (χ1v) is 6.92. The van der Waals surface area contributed by atoms with Gasteiger partial charge in [-0.2, -0.15) is 0 Å². The average Bonchev–Trinajstić information content (AvgIpc) is 2.92. The molecule has 0 saturated heterocycles. The fraction of sp³-hybridized carbons (Fsp3) is 0.375. The molecule has 106 valence electrons. The number of aryl methyl sites for hydroxylation is 1. The Morgan fingerprint density at radius 1 is 1.25 bits per heavy atom. The Morgan fingerprint density at radius 3 is 2.50 bits per heavy atom. The van der Waals surface area contributed by atoms with E-state index in [1.54, 1.807) is 6.20 Å². The van der Waals surface area contributed by atoms with Crippen molar-refractivity contribution in [1.29, 1.82) is 0 Å². The Bertz CT molecular complexity index is 529. The molecule has 0 radical (unpaired) electrons. The predicted molar refractivity (Wildman–Crippen MR) is 83.2 cm³/mol. The van der Waals surface area contributed by atoms with Gasteiger partial charge in [0.25, 0.3) is 0 Å². The first-order valence-electron chi connectivity index (χ1n) is 6.92. The Kier molecular flexibility index (Phi) is 4.56. The van der Waals surface area contributed by atoms with Crippen LogP contribution in [0.3, 0.4) is 0 Å². The topological polar surface area (TPSA) is 53.5 Å². The molecule has 0 aromatic heterocycles. The molecule has 4 heteroatoms. The molecule has 2 rings (SSSR count). The SMILES string of the molecule is Cc1ccc(NC(=O)N[C@H](C2=NC=CC2)C(C)C)cc1. The van der Waals surface area contributed by atoms with Gasteiger partial charge >= 0.3 is 6.03 Å². The maximum absolute atomic E-state index is 12.1. The number of hydrogen-bond donors (Lipinski definition) is 2. The molecule has 1 atom stereocenters. The van der Waals surface area contributed by atoms with Crippen LogP contribution in [0.2, 0.25) is 0 Å². The highest BCUT2D eigenvalue weighted by molar-refractivity contribution is 5.98. The fourth-order valence-corrected chi connectivity index (χ4v) is 2.16. The zero-order valence-electron chi connectivity index (χ0n) is 12.2. The van der Waals surface area contributed by atoms with Crippen LogP contribution in [0, 0.1) is 12.8 Å². The summed E-state index contributed by atoms with van der Waals surface area (Å²) in [5.41, 5.74) is 2.98. The standard InChI is InChI=1S/C16H21N3O/c1-11(2)15(14-5-4-10-17-14)19-16(20)18-13-8-6-12(3)7-9-13/h4,6-11,15H,5H2,1-3H3,(H2,18,19,20)/t15-/m0/s1.